The van der Waals surface area contributed by atoms with Crippen LogP contribution in [-0.2, 0) is 9.53 Å². The molecule has 0 aliphatic carbocycles. The Bertz CT molecular complexity index is 294. The Labute approximate surface area is 144 Å². The Morgan fingerprint density at radius 3 is 1.65 bits per heavy atom. The molecular formula is C21H38O2. The van der Waals surface area contributed by atoms with Gasteiger partial charge in [-0.15, -0.1) is 0 Å². The van der Waals surface area contributed by atoms with Gasteiger partial charge in [-0.25, -0.2) is 4.79 Å². The van der Waals surface area contributed by atoms with E-state index in [-0.39, 0.29) is 5.97 Å². The summed E-state index contributed by atoms with van der Waals surface area (Å²) in [6, 6.07) is 0. The van der Waals surface area contributed by atoms with Crippen molar-refractivity contribution in [3.8, 4) is 0 Å². The molecule has 23 heavy (non-hydrogen) atoms. The van der Waals surface area contributed by atoms with Crippen LogP contribution in [0, 0.1) is 0 Å². The van der Waals surface area contributed by atoms with Crippen molar-refractivity contribution in [3.63, 3.8) is 0 Å². The fourth-order valence-electron chi connectivity index (χ4n) is 2.69. The predicted octanol–water partition coefficient (Wildman–Crippen LogP) is 7.10. The lowest BCUT2D eigenvalue weighted by Crippen LogP contribution is -1.91. The molecule has 0 aromatic heterocycles. The summed E-state index contributed by atoms with van der Waals surface area (Å²) in [6.07, 6.45) is 24.9. The molecule has 0 rings (SSSR count). The summed E-state index contributed by atoms with van der Waals surface area (Å²) in [5.41, 5.74) is 0. The van der Waals surface area contributed by atoms with Crippen molar-refractivity contribution in [2.24, 2.45) is 0 Å². The van der Waals surface area contributed by atoms with Crippen molar-refractivity contribution in [1.82, 2.24) is 0 Å². The molecule has 0 saturated carbocycles. The molecule has 134 valence electrons. The van der Waals surface area contributed by atoms with Gasteiger partial charge in [-0.3, -0.25) is 0 Å². The van der Waals surface area contributed by atoms with Crippen molar-refractivity contribution in [2.75, 3.05) is 0 Å². The summed E-state index contributed by atoms with van der Waals surface area (Å²) in [6.45, 7) is 5.62. The molecule has 0 radical (unpaired) electrons. The molecule has 0 unspecified atom stereocenters. The van der Waals surface area contributed by atoms with Crippen molar-refractivity contribution >= 4 is 5.97 Å². The average molecular weight is 323 g/mol. The number of carbonyl (C=O) groups excluding carboxylic acids is 1. The lowest BCUT2D eigenvalue weighted by Gasteiger charge is -2.02. The summed E-state index contributed by atoms with van der Waals surface area (Å²) in [4.78, 5) is 10.8. The van der Waals surface area contributed by atoms with Crippen molar-refractivity contribution in [3.05, 3.63) is 25.0 Å². The highest BCUT2D eigenvalue weighted by Gasteiger charge is 1.94. The highest BCUT2D eigenvalue weighted by Crippen LogP contribution is 2.13. The fourth-order valence-corrected chi connectivity index (χ4v) is 2.69. The van der Waals surface area contributed by atoms with Crippen LogP contribution in [0.15, 0.2) is 25.0 Å². The number of hydrogen-bond acceptors (Lipinski definition) is 2. The molecule has 0 amide bonds. The molecule has 2 heteroatoms. The summed E-state index contributed by atoms with van der Waals surface area (Å²) >= 11 is 0. The first-order chi connectivity index (χ1) is 11.3. The first kappa shape index (κ1) is 21.9. The highest BCUT2D eigenvalue weighted by molar-refractivity contribution is 5.81. The lowest BCUT2D eigenvalue weighted by atomic mass is 10.0. The molecule has 0 aliphatic rings. The number of unbranched alkanes of at least 4 members (excludes halogenated alkanes) is 14. The quantitative estimate of drug-likeness (QED) is 0.123. The van der Waals surface area contributed by atoms with E-state index in [9.17, 15) is 4.79 Å². The van der Waals surface area contributed by atoms with Crippen LogP contribution in [0.1, 0.15) is 103 Å². The minimum absolute atomic E-state index is 0.387. The first-order valence-electron chi connectivity index (χ1n) is 9.79. The van der Waals surface area contributed by atoms with Gasteiger partial charge >= 0.3 is 5.97 Å². The molecule has 0 aromatic carbocycles. The molecule has 0 heterocycles. The lowest BCUT2D eigenvalue weighted by molar-refractivity contribution is -0.132. The van der Waals surface area contributed by atoms with E-state index in [0.29, 0.717) is 0 Å². The molecular weight excluding hydrogens is 284 g/mol. The largest absolute Gasteiger partial charge is 0.432 e. The molecule has 0 aromatic rings. The molecule has 0 bridgehead atoms. The Balaban J connectivity index is 3.08. The fraction of sp³-hybridized carbons (Fsp3) is 0.762. The zero-order chi connectivity index (χ0) is 17.0. The molecule has 2 nitrogen and oxygen atoms in total. The van der Waals surface area contributed by atoms with Gasteiger partial charge in [-0.05, 0) is 18.9 Å². The number of hydrogen-bond donors (Lipinski definition) is 0. The monoisotopic (exact) mass is 322 g/mol. The molecule has 0 atom stereocenters. The second-order valence-corrected chi connectivity index (χ2v) is 6.40. The third kappa shape index (κ3) is 18.9. The minimum atomic E-state index is -0.387. The van der Waals surface area contributed by atoms with Gasteiger partial charge in [0.15, 0.2) is 0 Å². The zero-order valence-electron chi connectivity index (χ0n) is 15.4. The molecule has 0 fully saturated rings. The zero-order valence-corrected chi connectivity index (χ0v) is 15.4. The maximum Gasteiger partial charge on any atom is 0.334 e. The van der Waals surface area contributed by atoms with E-state index in [0.717, 1.165) is 6.42 Å². The first-order valence-corrected chi connectivity index (χ1v) is 9.79. The molecule has 0 aliphatic heterocycles. The maximum atomic E-state index is 10.8. The summed E-state index contributed by atoms with van der Waals surface area (Å²) in [5, 5.41) is 0. The second kappa shape index (κ2) is 19.0. The maximum absolute atomic E-state index is 10.8. The van der Waals surface area contributed by atoms with E-state index in [4.69, 9.17) is 4.74 Å². The Morgan fingerprint density at radius 2 is 1.22 bits per heavy atom. The standard InChI is InChI=1S/C21H38O2/c1-3-5-6-7-8-9-10-11-12-13-14-15-16-17-18-19-20-23-21(22)4-2/h4,19-20H,2-3,5-18H2,1H3/b20-19+. The summed E-state index contributed by atoms with van der Waals surface area (Å²) in [5.74, 6) is -0.387. The Morgan fingerprint density at radius 1 is 0.783 bits per heavy atom. The predicted molar refractivity (Wildman–Crippen MR) is 100 cm³/mol. The van der Waals surface area contributed by atoms with Gasteiger partial charge in [0, 0.05) is 6.08 Å². The van der Waals surface area contributed by atoms with Crippen molar-refractivity contribution in [2.45, 2.75) is 103 Å². The molecule has 0 N–H and O–H groups in total. The number of esters is 1. The van der Waals surface area contributed by atoms with Crippen LogP contribution in [0.3, 0.4) is 0 Å². The van der Waals surface area contributed by atoms with Crippen LogP contribution < -0.4 is 0 Å². The van der Waals surface area contributed by atoms with Gasteiger partial charge in [-0.1, -0.05) is 97.0 Å². The van der Waals surface area contributed by atoms with Crippen molar-refractivity contribution in [1.29, 1.82) is 0 Å². The van der Waals surface area contributed by atoms with Gasteiger partial charge in [0.1, 0.15) is 0 Å². The van der Waals surface area contributed by atoms with Crippen LogP contribution in [-0.4, -0.2) is 5.97 Å². The third-order valence-electron chi connectivity index (χ3n) is 4.17. The topological polar surface area (TPSA) is 26.3 Å². The number of ether oxygens (including phenoxy) is 1. The number of carbonyl (C=O) groups is 1. The van der Waals surface area contributed by atoms with Gasteiger partial charge in [0.25, 0.3) is 0 Å². The van der Waals surface area contributed by atoms with E-state index >= 15 is 0 Å². The number of allylic oxidation sites excluding steroid dienone is 1. The van der Waals surface area contributed by atoms with Gasteiger partial charge in [0.05, 0.1) is 6.26 Å². The van der Waals surface area contributed by atoms with Gasteiger partial charge < -0.3 is 4.74 Å². The van der Waals surface area contributed by atoms with Crippen LogP contribution in [0.4, 0.5) is 0 Å². The number of rotatable bonds is 17. The Hall–Kier alpha value is -1.05. The third-order valence-corrected chi connectivity index (χ3v) is 4.17. The average Bonchev–Trinajstić information content (AvgIpc) is 2.57. The van der Waals surface area contributed by atoms with Gasteiger partial charge in [-0.2, -0.15) is 0 Å². The second-order valence-electron chi connectivity index (χ2n) is 6.40. The van der Waals surface area contributed by atoms with E-state index in [2.05, 4.69) is 13.5 Å². The molecule has 0 spiro atoms. The van der Waals surface area contributed by atoms with Crippen molar-refractivity contribution < 1.29 is 9.53 Å². The van der Waals surface area contributed by atoms with Gasteiger partial charge in [0.2, 0.25) is 0 Å². The van der Waals surface area contributed by atoms with Crippen LogP contribution in [0.5, 0.6) is 0 Å². The van der Waals surface area contributed by atoms with Crippen LogP contribution in [0.25, 0.3) is 0 Å². The van der Waals surface area contributed by atoms with Crippen LogP contribution >= 0.6 is 0 Å². The van der Waals surface area contributed by atoms with E-state index in [1.807, 2.05) is 6.08 Å². The summed E-state index contributed by atoms with van der Waals surface area (Å²) < 4.78 is 4.77. The normalized spacial score (nSPS) is 11.0. The van der Waals surface area contributed by atoms with E-state index < -0.39 is 0 Å². The minimum Gasteiger partial charge on any atom is -0.432 e. The highest BCUT2D eigenvalue weighted by atomic mass is 16.5. The smallest absolute Gasteiger partial charge is 0.334 e. The van der Waals surface area contributed by atoms with Crippen LogP contribution in [0.2, 0.25) is 0 Å². The van der Waals surface area contributed by atoms with E-state index in [1.54, 1.807) is 0 Å². The van der Waals surface area contributed by atoms with E-state index in [1.165, 1.54) is 102 Å². The molecule has 0 saturated heterocycles. The Kier molecular flexibility index (Phi) is 18.1. The SMILES string of the molecule is C=CC(=O)O/C=C/CCCCCCCCCCCCCCCC. The summed E-state index contributed by atoms with van der Waals surface area (Å²) in [7, 11) is 0.